The summed E-state index contributed by atoms with van der Waals surface area (Å²) in [5, 5.41) is 24.7. The number of carboxylic acids is 1. The first-order valence-corrected chi connectivity index (χ1v) is 20.4. The number of alkyl carbamates (subject to hydrolysis) is 1. The molecule has 6 aromatic rings. The quantitative estimate of drug-likeness (QED) is 0.0786. The number of amides is 5. The summed E-state index contributed by atoms with van der Waals surface area (Å²) < 4.78 is 5.20. The Hall–Kier alpha value is -9.14. The first-order valence-electron chi connectivity index (χ1n) is 20.4. The van der Waals surface area contributed by atoms with E-state index in [-0.39, 0.29) is 19.0 Å². The van der Waals surface area contributed by atoms with E-state index in [0.717, 1.165) is 46.0 Å². The fourth-order valence-corrected chi connectivity index (χ4v) is 6.95. The molecule has 0 aliphatic carbocycles. The van der Waals surface area contributed by atoms with Crippen LogP contribution in [-0.4, -0.2) is 94.0 Å². The van der Waals surface area contributed by atoms with Gasteiger partial charge in [0.2, 0.25) is 19.0 Å². The number of ether oxygens (including phenoxy) is 1. The van der Waals surface area contributed by atoms with E-state index < -0.39 is 47.5 Å². The van der Waals surface area contributed by atoms with Crippen LogP contribution in [0.4, 0.5) is 16.2 Å². The number of hydrazone groups is 2. The predicted octanol–water partition coefficient (Wildman–Crippen LogP) is 5.85. The Bertz CT molecular complexity index is 3040. The van der Waals surface area contributed by atoms with Crippen LogP contribution in [-0.2, 0) is 19.1 Å². The Morgan fingerprint density at radius 1 is 0.731 bits per heavy atom. The number of aromatic nitrogens is 2. The molecule has 0 saturated heterocycles. The molecule has 0 fully saturated rings. The average molecular weight is 905 g/mol. The van der Waals surface area contributed by atoms with Gasteiger partial charge in [-0.2, -0.15) is 10.2 Å². The lowest BCUT2D eigenvalue weighted by atomic mass is 10.0. The molecular weight excluding hydrogens is 861 g/mol. The number of rotatable bonds is 9. The van der Waals surface area contributed by atoms with Gasteiger partial charge in [0.25, 0.3) is 23.7 Å². The van der Waals surface area contributed by atoms with Crippen molar-refractivity contribution in [1.82, 2.24) is 26.1 Å². The molecule has 2 atom stereocenters. The van der Waals surface area contributed by atoms with Crippen molar-refractivity contribution in [3.05, 3.63) is 130 Å². The highest BCUT2D eigenvalue weighted by atomic mass is 16.6. The van der Waals surface area contributed by atoms with E-state index in [4.69, 9.17) is 33.5 Å². The van der Waals surface area contributed by atoms with Crippen LogP contribution in [0.2, 0.25) is 0 Å². The number of anilines is 2. The molecular formula is C47H44N12O8. The Balaban J connectivity index is 0.000000209. The maximum atomic E-state index is 12.9. The number of nitrogens with zero attached hydrogens (tertiary/aromatic N) is 4. The van der Waals surface area contributed by atoms with Crippen LogP contribution in [0.15, 0.2) is 95.1 Å². The molecule has 0 saturated carbocycles. The molecule has 67 heavy (non-hydrogen) atoms. The van der Waals surface area contributed by atoms with Gasteiger partial charge in [-0.3, -0.25) is 24.0 Å². The second kappa shape index (κ2) is 20.6. The molecule has 5 amide bonds. The minimum Gasteiger partial charge on any atom is -0.481 e. The highest BCUT2D eigenvalue weighted by Crippen LogP contribution is 2.36. The molecule has 2 aliphatic heterocycles. The summed E-state index contributed by atoms with van der Waals surface area (Å²) in [6.45, 7) is 19.8. The zero-order valence-corrected chi connectivity index (χ0v) is 36.5. The van der Waals surface area contributed by atoms with E-state index in [1.807, 2.05) is 60.7 Å². The van der Waals surface area contributed by atoms with Crippen molar-refractivity contribution in [2.24, 2.45) is 15.9 Å². The van der Waals surface area contributed by atoms with E-state index >= 15 is 0 Å². The summed E-state index contributed by atoms with van der Waals surface area (Å²) in [6, 6.07) is 23.8. The molecule has 8 rings (SSSR count). The van der Waals surface area contributed by atoms with Gasteiger partial charge in [0.1, 0.15) is 5.60 Å². The maximum Gasteiger partial charge on any atom is 0.408 e. The van der Waals surface area contributed by atoms with Gasteiger partial charge in [-0.05, 0) is 56.2 Å². The van der Waals surface area contributed by atoms with E-state index in [1.54, 1.807) is 57.5 Å². The minimum atomic E-state index is -1.14. The number of carbonyl (C=O) groups is 6. The topological polar surface area (TPSA) is 283 Å². The first kappa shape index (κ1) is 47.3. The van der Waals surface area contributed by atoms with Crippen molar-refractivity contribution in [1.29, 1.82) is 0 Å². The molecule has 20 heteroatoms. The monoisotopic (exact) mass is 904 g/mol. The third-order valence-corrected chi connectivity index (χ3v) is 9.65. The lowest BCUT2D eigenvalue weighted by molar-refractivity contribution is -0.134. The summed E-state index contributed by atoms with van der Waals surface area (Å²) >= 11 is 0. The fraction of sp³-hybridized carbons (Fsp3) is 0.191. The molecule has 4 aromatic carbocycles. The van der Waals surface area contributed by atoms with Crippen LogP contribution in [0.3, 0.4) is 0 Å². The van der Waals surface area contributed by atoms with Crippen molar-refractivity contribution in [3.63, 3.8) is 0 Å². The third kappa shape index (κ3) is 11.5. The van der Waals surface area contributed by atoms with Crippen LogP contribution < -0.4 is 32.5 Å². The second-order valence-electron chi connectivity index (χ2n) is 15.8. The number of carboxylic acid groups (broad SMARTS) is 1. The fourth-order valence-electron chi connectivity index (χ4n) is 6.95. The number of hydrogen-bond acceptors (Lipinski definition) is 10. The Kier molecular flexibility index (Phi) is 14.5. The van der Waals surface area contributed by atoms with Crippen molar-refractivity contribution < 1.29 is 38.6 Å². The highest BCUT2D eigenvalue weighted by Gasteiger charge is 2.29. The first-order chi connectivity index (χ1) is 32.0. The smallest absolute Gasteiger partial charge is 0.408 e. The van der Waals surface area contributed by atoms with Crippen LogP contribution in [0.5, 0.6) is 0 Å². The van der Waals surface area contributed by atoms with E-state index in [9.17, 15) is 24.0 Å². The SMILES string of the molecule is CC(=O)O.[C-]#[N+]CC(NC(=O)OC(C)(C)C)C(=O)Nc1cc2c3c(c(-c4ccccc4)[nH]c3c1)C=NNC2=O.[C-]#[N+]C[C@H](N)C(=O)Nc1cc2c3c(c(-c4ccccc4)[nH]c3c1)C=NNC2=O. The molecule has 2 aliphatic rings. The van der Waals surface area contributed by atoms with Gasteiger partial charge >= 0.3 is 6.09 Å². The van der Waals surface area contributed by atoms with Crippen LogP contribution in [0.25, 0.3) is 54.0 Å². The van der Waals surface area contributed by atoms with E-state index in [0.29, 0.717) is 38.9 Å². The van der Waals surface area contributed by atoms with Crippen molar-refractivity contribution in [2.45, 2.75) is 45.4 Å². The largest absolute Gasteiger partial charge is 0.481 e. The number of aliphatic carboxylic acids is 1. The average Bonchev–Trinajstić information content (AvgIpc) is 3.71. The van der Waals surface area contributed by atoms with Gasteiger partial charge in [-0.15, -0.1) is 0 Å². The zero-order valence-electron chi connectivity index (χ0n) is 36.5. The normalized spacial score (nSPS) is 13.0. The summed E-state index contributed by atoms with van der Waals surface area (Å²) in [5.41, 5.74) is 17.6. The highest BCUT2D eigenvalue weighted by molar-refractivity contribution is 6.19. The molecule has 10 N–H and O–H groups in total. The number of benzene rings is 4. The van der Waals surface area contributed by atoms with E-state index in [2.05, 4.69) is 56.7 Å². The van der Waals surface area contributed by atoms with Crippen LogP contribution in [0.1, 0.15) is 59.5 Å². The van der Waals surface area contributed by atoms with Crippen LogP contribution in [0, 0.1) is 13.1 Å². The van der Waals surface area contributed by atoms with Gasteiger partial charge < -0.3 is 51.2 Å². The number of carbonyl (C=O) groups excluding carboxylic acids is 5. The van der Waals surface area contributed by atoms with Crippen molar-refractivity contribution in [2.75, 3.05) is 23.7 Å². The summed E-state index contributed by atoms with van der Waals surface area (Å²) in [4.78, 5) is 84.5. The van der Waals surface area contributed by atoms with E-state index in [1.165, 1.54) is 0 Å². The minimum absolute atomic E-state index is 0.111. The summed E-state index contributed by atoms with van der Waals surface area (Å²) in [5.74, 6) is -2.73. The Labute approximate surface area is 382 Å². The Morgan fingerprint density at radius 3 is 1.58 bits per heavy atom. The number of H-pyrrole nitrogens is 2. The van der Waals surface area contributed by atoms with Crippen molar-refractivity contribution >= 4 is 81.3 Å². The molecule has 1 unspecified atom stereocenters. The predicted molar refractivity (Wildman–Crippen MR) is 252 cm³/mol. The van der Waals surface area contributed by atoms with Gasteiger partial charge in [0.05, 0.1) is 34.9 Å². The number of nitrogens with one attached hydrogen (secondary N) is 7. The lowest BCUT2D eigenvalue weighted by Gasteiger charge is -2.21. The van der Waals surface area contributed by atoms with Gasteiger partial charge in [0.15, 0.2) is 12.1 Å². The Morgan fingerprint density at radius 2 is 1.16 bits per heavy atom. The van der Waals surface area contributed by atoms with Gasteiger partial charge in [-0.25, -0.2) is 28.8 Å². The third-order valence-electron chi connectivity index (χ3n) is 9.65. The zero-order chi connectivity index (χ0) is 48.4. The molecule has 0 radical (unpaired) electrons. The molecule has 4 heterocycles. The number of hydrogen-bond donors (Lipinski definition) is 9. The molecule has 0 spiro atoms. The molecule has 340 valence electrons. The van der Waals surface area contributed by atoms with Gasteiger partial charge in [-0.1, -0.05) is 60.7 Å². The molecule has 20 nitrogen and oxygen atoms in total. The van der Waals surface area contributed by atoms with Gasteiger partial charge in [0, 0.05) is 51.2 Å². The summed E-state index contributed by atoms with van der Waals surface area (Å²) in [7, 11) is 0. The molecule has 0 bridgehead atoms. The summed E-state index contributed by atoms with van der Waals surface area (Å²) in [6.07, 6.45) is 2.39. The standard InChI is InChI=1S/C25H24N6O4.C20H16N6O2.C2H4O2/c1-25(2,3)35-24(34)30-19(13-26-4)23(33)28-15-10-16-20-17(12-27-31-22(16)32)21(29-18(20)11-15)14-8-6-5-7-9-14;1-22-10-15(21)20(28)24-12-7-13-17-14(9-23-26-19(13)27)18(25-16(17)8-12)11-5-3-2-4-6-11;1-2(3)4/h5-12,19,29H,13H2,1-3H3,(H,28,33)(H,30,34)(H,31,32);2-9,15,25H,10,21H2,(H,24,28)(H,26,27);1H3,(H,3,4)/t;15-;/m.0./s1. The lowest BCUT2D eigenvalue weighted by Crippen LogP contribution is -2.47. The second-order valence-corrected chi connectivity index (χ2v) is 15.8. The number of aromatic amines is 2. The molecule has 2 aromatic heterocycles. The van der Waals surface area contributed by atoms with Crippen LogP contribution >= 0.6 is 0 Å². The van der Waals surface area contributed by atoms with Crippen molar-refractivity contribution in [3.8, 4) is 22.5 Å². The number of nitrogens with two attached hydrogens (primary N) is 1. The maximum absolute atomic E-state index is 12.9.